The Balaban J connectivity index is 1.26. The van der Waals surface area contributed by atoms with Gasteiger partial charge in [-0.3, -0.25) is 9.78 Å². The van der Waals surface area contributed by atoms with Crippen molar-refractivity contribution in [3.63, 3.8) is 0 Å². The number of nitrogens with zero attached hydrogens (tertiary/aromatic N) is 5. The molecule has 0 aliphatic carbocycles. The number of hydrogen-bond acceptors (Lipinski definition) is 6. The van der Waals surface area contributed by atoms with Gasteiger partial charge in [-0.15, -0.1) is 5.10 Å². The Bertz CT molecular complexity index is 1450. The number of rotatable bonds is 5. The molecule has 0 spiro atoms. The smallest absolute Gasteiger partial charge is 0.256 e. The highest BCUT2D eigenvalue weighted by Gasteiger charge is 2.28. The molecule has 4 aromatic rings. The summed E-state index contributed by atoms with van der Waals surface area (Å²) in [6.07, 6.45) is 3.22. The van der Waals surface area contributed by atoms with E-state index >= 15 is 0 Å². The second-order valence-electron chi connectivity index (χ2n) is 8.95. The van der Waals surface area contributed by atoms with Crippen LogP contribution in [-0.2, 0) is 17.7 Å². The Morgan fingerprint density at radius 3 is 2.83 bits per heavy atom. The Hall–Kier alpha value is -3.92. The first kappa shape index (κ1) is 22.5. The predicted molar refractivity (Wildman–Crippen MR) is 125 cm³/mol. The number of aromatic nitrogens is 4. The number of hydrogen-bond donors (Lipinski definition) is 0. The van der Waals surface area contributed by atoms with Gasteiger partial charge in [0.25, 0.3) is 5.91 Å². The van der Waals surface area contributed by atoms with Crippen molar-refractivity contribution in [2.24, 2.45) is 0 Å². The van der Waals surface area contributed by atoms with E-state index in [-0.39, 0.29) is 24.3 Å². The number of carbonyl (C=O) groups is 1. The second-order valence-corrected chi connectivity index (χ2v) is 8.95. The fourth-order valence-electron chi connectivity index (χ4n) is 4.77. The summed E-state index contributed by atoms with van der Waals surface area (Å²) < 4.78 is 41.8. The number of halogens is 2. The number of pyridine rings is 2. The van der Waals surface area contributed by atoms with Gasteiger partial charge in [0.05, 0.1) is 47.6 Å². The molecule has 0 unspecified atom stereocenters. The van der Waals surface area contributed by atoms with Crippen molar-refractivity contribution < 1.29 is 23.0 Å². The Morgan fingerprint density at radius 1 is 1.11 bits per heavy atom. The zero-order valence-corrected chi connectivity index (χ0v) is 19.4. The van der Waals surface area contributed by atoms with E-state index in [9.17, 15) is 13.6 Å². The van der Waals surface area contributed by atoms with Crippen LogP contribution < -0.4 is 4.74 Å². The average molecular weight is 491 g/mol. The van der Waals surface area contributed by atoms with E-state index < -0.39 is 11.6 Å². The molecule has 0 saturated carbocycles. The summed E-state index contributed by atoms with van der Waals surface area (Å²) in [5, 5.41) is 8.06. The largest absolute Gasteiger partial charge is 0.487 e. The number of benzene rings is 1. The summed E-state index contributed by atoms with van der Waals surface area (Å²) in [5.41, 5.74) is 3.75. The van der Waals surface area contributed by atoms with Gasteiger partial charge in [0.1, 0.15) is 11.9 Å². The molecule has 1 fully saturated rings. The average Bonchev–Trinajstić information content (AvgIpc) is 3.37. The quantitative estimate of drug-likeness (QED) is 0.422. The number of fused-ring (bicyclic) bond motifs is 2. The minimum atomic E-state index is -0.769. The molecular formula is C26H23F2N5O3. The van der Waals surface area contributed by atoms with Crippen LogP contribution in [-0.4, -0.2) is 56.5 Å². The third-order valence-corrected chi connectivity index (χ3v) is 6.60. The highest BCUT2D eigenvalue weighted by Crippen LogP contribution is 2.31. The number of ether oxygens (including phenoxy) is 2. The van der Waals surface area contributed by atoms with Gasteiger partial charge in [-0.05, 0) is 30.3 Å². The Kier molecular flexibility index (Phi) is 5.80. The van der Waals surface area contributed by atoms with Gasteiger partial charge in [-0.1, -0.05) is 11.3 Å². The lowest BCUT2D eigenvalue weighted by Gasteiger charge is -2.30. The summed E-state index contributed by atoms with van der Waals surface area (Å²) in [4.78, 5) is 19.6. The van der Waals surface area contributed by atoms with Gasteiger partial charge in [0, 0.05) is 44.0 Å². The molecule has 1 saturated heterocycles. The van der Waals surface area contributed by atoms with Gasteiger partial charge >= 0.3 is 0 Å². The standard InChI is InChI=1S/C26H23F2N5O3/c27-17-12-16(25(21(28)13-17)36-19-7-10-35-11-8-19)15-32-9-6-22-20(26(32)34)4-5-23(30-22)24-3-1-2-18-14-29-31-33(18)24/h1-5,12-14,19H,6-11,15H2. The minimum absolute atomic E-state index is 0.00343. The topological polar surface area (TPSA) is 81.9 Å². The lowest BCUT2D eigenvalue weighted by atomic mass is 10.0. The number of carbonyl (C=O) groups excluding carboxylic acids is 1. The molecule has 10 heteroatoms. The zero-order valence-electron chi connectivity index (χ0n) is 19.4. The van der Waals surface area contributed by atoms with E-state index in [1.165, 1.54) is 6.07 Å². The van der Waals surface area contributed by atoms with Crippen LogP contribution in [0, 0.1) is 11.6 Å². The molecule has 6 rings (SSSR count). The highest BCUT2D eigenvalue weighted by molar-refractivity contribution is 5.96. The van der Waals surface area contributed by atoms with E-state index in [4.69, 9.17) is 14.5 Å². The van der Waals surface area contributed by atoms with Crippen molar-refractivity contribution in [3.8, 4) is 17.1 Å². The molecule has 0 radical (unpaired) electrons. The van der Waals surface area contributed by atoms with Crippen molar-refractivity contribution in [2.75, 3.05) is 19.8 Å². The molecule has 184 valence electrons. The maximum Gasteiger partial charge on any atom is 0.256 e. The second kappa shape index (κ2) is 9.27. The summed E-state index contributed by atoms with van der Waals surface area (Å²) in [6, 6.07) is 11.3. The van der Waals surface area contributed by atoms with Crippen LogP contribution in [0.15, 0.2) is 48.7 Å². The Labute approximate surface area is 205 Å². The molecule has 1 amide bonds. The van der Waals surface area contributed by atoms with Crippen molar-refractivity contribution in [1.82, 2.24) is 24.7 Å². The van der Waals surface area contributed by atoms with Gasteiger partial charge in [-0.2, -0.15) is 0 Å². The molecular weight excluding hydrogens is 468 g/mol. The van der Waals surface area contributed by atoms with Gasteiger partial charge in [0.15, 0.2) is 11.6 Å². The lowest BCUT2D eigenvalue weighted by molar-refractivity contribution is 0.0232. The Morgan fingerprint density at radius 2 is 1.97 bits per heavy atom. The van der Waals surface area contributed by atoms with Crippen molar-refractivity contribution in [1.29, 1.82) is 0 Å². The summed E-state index contributed by atoms with van der Waals surface area (Å²) >= 11 is 0. The first-order valence-electron chi connectivity index (χ1n) is 11.9. The van der Waals surface area contributed by atoms with Crippen LogP contribution in [0.4, 0.5) is 8.78 Å². The molecule has 5 heterocycles. The monoisotopic (exact) mass is 491 g/mol. The van der Waals surface area contributed by atoms with E-state index in [0.717, 1.165) is 17.3 Å². The third-order valence-electron chi connectivity index (χ3n) is 6.60. The van der Waals surface area contributed by atoms with E-state index in [1.807, 2.05) is 18.2 Å². The fraction of sp³-hybridized carbons (Fsp3) is 0.308. The molecule has 1 aromatic carbocycles. The molecule has 8 nitrogen and oxygen atoms in total. The van der Waals surface area contributed by atoms with Crippen molar-refractivity contribution in [3.05, 3.63) is 77.1 Å². The van der Waals surface area contributed by atoms with Gasteiger partial charge < -0.3 is 14.4 Å². The van der Waals surface area contributed by atoms with Crippen LogP contribution in [0.25, 0.3) is 16.9 Å². The van der Waals surface area contributed by atoms with E-state index in [2.05, 4.69) is 10.3 Å². The molecule has 2 aliphatic heterocycles. The fourth-order valence-corrected chi connectivity index (χ4v) is 4.77. The van der Waals surface area contributed by atoms with E-state index in [0.29, 0.717) is 61.5 Å². The molecule has 3 aromatic heterocycles. The molecule has 0 atom stereocenters. The minimum Gasteiger partial charge on any atom is -0.487 e. The molecule has 0 bridgehead atoms. The molecule has 36 heavy (non-hydrogen) atoms. The number of amides is 1. The van der Waals surface area contributed by atoms with Crippen LogP contribution in [0.5, 0.6) is 5.75 Å². The summed E-state index contributed by atoms with van der Waals surface area (Å²) in [7, 11) is 0. The normalized spacial score (nSPS) is 16.4. The first-order valence-corrected chi connectivity index (χ1v) is 11.9. The van der Waals surface area contributed by atoms with Crippen molar-refractivity contribution in [2.45, 2.75) is 31.9 Å². The van der Waals surface area contributed by atoms with Crippen LogP contribution in [0.1, 0.15) is 34.5 Å². The first-order chi connectivity index (χ1) is 17.6. The summed E-state index contributed by atoms with van der Waals surface area (Å²) in [6.45, 7) is 1.46. The van der Waals surface area contributed by atoms with Gasteiger partial charge in [0.2, 0.25) is 0 Å². The van der Waals surface area contributed by atoms with Gasteiger partial charge in [-0.25, -0.2) is 13.3 Å². The predicted octanol–water partition coefficient (Wildman–Crippen LogP) is 3.83. The van der Waals surface area contributed by atoms with Crippen molar-refractivity contribution >= 4 is 11.4 Å². The maximum atomic E-state index is 14.7. The zero-order chi connectivity index (χ0) is 24.6. The maximum absolute atomic E-state index is 14.7. The molecule has 0 N–H and O–H groups in total. The van der Waals surface area contributed by atoms with Crippen LogP contribution in [0.2, 0.25) is 0 Å². The SMILES string of the molecule is O=C1c2ccc(-c3cccc4cnnn34)nc2CCN1Cc1cc(F)cc(F)c1OC1CCOCC1. The lowest BCUT2D eigenvalue weighted by Crippen LogP contribution is -2.38. The van der Waals surface area contributed by atoms with E-state index in [1.54, 1.807) is 27.7 Å². The highest BCUT2D eigenvalue weighted by atomic mass is 19.1. The summed E-state index contributed by atoms with van der Waals surface area (Å²) in [5.74, 6) is -1.72. The third kappa shape index (κ3) is 4.17. The van der Waals surface area contributed by atoms with Crippen LogP contribution >= 0.6 is 0 Å². The van der Waals surface area contributed by atoms with Crippen LogP contribution in [0.3, 0.4) is 0 Å². The molecule has 2 aliphatic rings.